The van der Waals surface area contributed by atoms with E-state index in [2.05, 4.69) is 4.98 Å². The smallest absolute Gasteiger partial charge is 0.326 e. The Morgan fingerprint density at radius 3 is 2.45 bits per heavy atom. The number of rotatable bonds is 4. The monoisotopic (exact) mass is 285 g/mol. The van der Waals surface area contributed by atoms with Gasteiger partial charge in [-0.1, -0.05) is 12.1 Å². The van der Waals surface area contributed by atoms with Crippen LogP contribution in [0.25, 0.3) is 11.0 Å². The number of alkyl halides is 3. The van der Waals surface area contributed by atoms with Gasteiger partial charge in [-0.2, -0.15) is 13.2 Å². The zero-order chi connectivity index (χ0) is 15.0. The van der Waals surface area contributed by atoms with Crippen LogP contribution < -0.4 is 5.73 Å². The fourth-order valence-corrected chi connectivity index (χ4v) is 2.11. The summed E-state index contributed by atoms with van der Waals surface area (Å²) >= 11 is 0. The molecule has 0 aliphatic carbocycles. The maximum Gasteiger partial charge on any atom is 0.406 e. The van der Waals surface area contributed by atoms with Crippen molar-refractivity contribution in [2.24, 2.45) is 5.73 Å². The molecule has 2 N–H and O–H groups in total. The molecule has 0 saturated heterocycles. The van der Waals surface area contributed by atoms with E-state index in [1.54, 1.807) is 24.3 Å². The van der Waals surface area contributed by atoms with Crippen LogP contribution in [-0.4, -0.2) is 21.3 Å². The summed E-state index contributed by atoms with van der Waals surface area (Å²) in [5.41, 5.74) is 6.56. The Labute approximate surface area is 115 Å². The predicted molar refractivity (Wildman–Crippen MR) is 72.4 cm³/mol. The zero-order valence-electron chi connectivity index (χ0n) is 11.5. The molecule has 1 aromatic carbocycles. The number of nitrogens with zero attached hydrogens (tertiary/aromatic N) is 2. The highest BCUT2D eigenvalue weighted by Crippen LogP contribution is 2.24. The molecule has 0 atom stereocenters. The van der Waals surface area contributed by atoms with Crippen molar-refractivity contribution in [2.75, 3.05) is 0 Å². The van der Waals surface area contributed by atoms with Crippen molar-refractivity contribution in [2.45, 2.75) is 44.9 Å². The Hall–Kier alpha value is -1.56. The quantitative estimate of drug-likeness (QED) is 0.937. The Morgan fingerprint density at radius 1 is 1.20 bits per heavy atom. The number of para-hydroxylation sites is 2. The van der Waals surface area contributed by atoms with Gasteiger partial charge in [0.15, 0.2) is 0 Å². The second-order valence-corrected chi connectivity index (χ2v) is 5.71. The highest BCUT2D eigenvalue weighted by atomic mass is 19.4. The van der Waals surface area contributed by atoms with Gasteiger partial charge in [0.25, 0.3) is 0 Å². The molecule has 0 aliphatic rings. The highest BCUT2D eigenvalue weighted by molar-refractivity contribution is 5.75. The molecule has 0 bridgehead atoms. The number of imidazole rings is 1. The third kappa shape index (κ3) is 3.72. The number of hydrogen-bond acceptors (Lipinski definition) is 2. The third-order valence-electron chi connectivity index (χ3n) is 3.06. The standard InChI is InChI=1S/C14H18F3N3/c1-13(2,18)8-7-12-19-10-5-3-4-6-11(10)20(12)9-14(15,16)17/h3-6H,7-9,18H2,1-2H3. The van der Waals surface area contributed by atoms with Gasteiger partial charge < -0.3 is 10.3 Å². The van der Waals surface area contributed by atoms with Gasteiger partial charge in [-0.25, -0.2) is 4.98 Å². The van der Waals surface area contributed by atoms with E-state index in [0.29, 0.717) is 29.7 Å². The SMILES string of the molecule is CC(C)(N)CCc1nc2ccccc2n1CC(F)(F)F. The summed E-state index contributed by atoms with van der Waals surface area (Å²) in [4.78, 5) is 4.31. The summed E-state index contributed by atoms with van der Waals surface area (Å²) in [6.07, 6.45) is -3.26. The lowest BCUT2D eigenvalue weighted by atomic mass is 10.00. The molecule has 0 fully saturated rings. The lowest BCUT2D eigenvalue weighted by molar-refractivity contribution is -0.140. The number of halogens is 3. The van der Waals surface area contributed by atoms with Gasteiger partial charge in [-0.3, -0.25) is 0 Å². The molecular weight excluding hydrogens is 267 g/mol. The normalized spacial score (nSPS) is 13.1. The zero-order valence-corrected chi connectivity index (χ0v) is 11.5. The van der Waals surface area contributed by atoms with Gasteiger partial charge in [0.2, 0.25) is 0 Å². The average Bonchev–Trinajstić information content (AvgIpc) is 2.62. The molecule has 20 heavy (non-hydrogen) atoms. The van der Waals surface area contributed by atoms with Crippen LogP contribution in [0.1, 0.15) is 26.1 Å². The lowest BCUT2D eigenvalue weighted by Gasteiger charge is -2.18. The van der Waals surface area contributed by atoms with Crippen molar-refractivity contribution in [3.8, 4) is 0 Å². The van der Waals surface area contributed by atoms with Crippen molar-refractivity contribution in [3.05, 3.63) is 30.1 Å². The fraction of sp³-hybridized carbons (Fsp3) is 0.500. The van der Waals surface area contributed by atoms with E-state index in [0.717, 1.165) is 0 Å². The van der Waals surface area contributed by atoms with Gasteiger partial charge in [0.05, 0.1) is 11.0 Å². The lowest BCUT2D eigenvalue weighted by Crippen LogP contribution is -2.32. The first-order valence-corrected chi connectivity index (χ1v) is 6.45. The maximum absolute atomic E-state index is 12.7. The minimum absolute atomic E-state index is 0.425. The van der Waals surface area contributed by atoms with E-state index >= 15 is 0 Å². The summed E-state index contributed by atoms with van der Waals surface area (Å²) in [7, 11) is 0. The van der Waals surface area contributed by atoms with Crippen molar-refractivity contribution in [1.29, 1.82) is 0 Å². The molecule has 2 rings (SSSR count). The van der Waals surface area contributed by atoms with Crippen molar-refractivity contribution < 1.29 is 13.2 Å². The van der Waals surface area contributed by atoms with Crippen LogP contribution in [0.4, 0.5) is 13.2 Å². The van der Waals surface area contributed by atoms with Gasteiger partial charge >= 0.3 is 6.18 Å². The van der Waals surface area contributed by atoms with E-state index in [4.69, 9.17) is 5.73 Å². The number of fused-ring (bicyclic) bond motifs is 1. The van der Waals surface area contributed by atoms with Crippen molar-refractivity contribution in [1.82, 2.24) is 9.55 Å². The summed E-state index contributed by atoms with van der Waals surface area (Å²) in [5, 5.41) is 0. The molecule has 0 spiro atoms. The molecule has 1 heterocycles. The van der Waals surface area contributed by atoms with Crippen molar-refractivity contribution in [3.63, 3.8) is 0 Å². The number of aryl methyl sites for hydroxylation is 1. The molecule has 0 aliphatic heterocycles. The highest BCUT2D eigenvalue weighted by Gasteiger charge is 2.30. The second-order valence-electron chi connectivity index (χ2n) is 5.71. The van der Waals surface area contributed by atoms with Crippen LogP contribution in [-0.2, 0) is 13.0 Å². The molecule has 6 heteroatoms. The average molecular weight is 285 g/mol. The number of hydrogen-bond donors (Lipinski definition) is 1. The largest absolute Gasteiger partial charge is 0.406 e. The first-order chi connectivity index (χ1) is 9.16. The van der Waals surface area contributed by atoms with Crippen LogP contribution in [0.5, 0.6) is 0 Å². The van der Waals surface area contributed by atoms with Gasteiger partial charge in [0, 0.05) is 12.0 Å². The van der Waals surface area contributed by atoms with Crippen LogP contribution in [0.15, 0.2) is 24.3 Å². The number of benzene rings is 1. The predicted octanol–water partition coefficient (Wildman–Crippen LogP) is 3.27. The molecule has 1 aromatic heterocycles. The van der Waals surface area contributed by atoms with Gasteiger partial charge in [0.1, 0.15) is 12.4 Å². The molecule has 0 unspecified atom stereocenters. The van der Waals surface area contributed by atoms with Crippen molar-refractivity contribution >= 4 is 11.0 Å². The number of nitrogens with two attached hydrogens (primary N) is 1. The molecule has 0 radical (unpaired) electrons. The summed E-state index contributed by atoms with van der Waals surface area (Å²) in [5.74, 6) is 0.432. The summed E-state index contributed by atoms with van der Waals surface area (Å²) in [6.45, 7) is 2.68. The van der Waals surface area contributed by atoms with Crippen LogP contribution in [0.2, 0.25) is 0 Å². The Kier molecular flexibility index (Phi) is 3.77. The molecule has 2 aromatic rings. The van der Waals surface area contributed by atoms with Crippen LogP contribution in [0, 0.1) is 0 Å². The minimum Gasteiger partial charge on any atom is -0.326 e. The van der Waals surface area contributed by atoms with E-state index in [1.165, 1.54) is 4.57 Å². The van der Waals surface area contributed by atoms with Crippen LogP contribution in [0.3, 0.4) is 0 Å². The minimum atomic E-state index is -4.27. The second kappa shape index (κ2) is 5.09. The number of aromatic nitrogens is 2. The molecule has 0 saturated carbocycles. The molecule has 110 valence electrons. The first-order valence-electron chi connectivity index (χ1n) is 6.45. The molecule has 3 nitrogen and oxygen atoms in total. The van der Waals surface area contributed by atoms with E-state index < -0.39 is 18.3 Å². The Bertz CT molecular complexity index is 594. The topological polar surface area (TPSA) is 43.8 Å². The maximum atomic E-state index is 12.7. The van der Waals surface area contributed by atoms with E-state index in [1.807, 2.05) is 13.8 Å². The fourth-order valence-electron chi connectivity index (χ4n) is 2.11. The van der Waals surface area contributed by atoms with E-state index in [9.17, 15) is 13.2 Å². The molecule has 0 amide bonds. The van der Waals surface area contributed by atoms with Gasteiger partial charge in [-0.15, -0.1) is 0 Å². The Balaban J connectivity index is 2.39. The Morgan fingerprint density at radius 2 is 1.85 bits per heavy atom. The first kappa shape index (κ1) is 14.8. The van der Waals surface area contributed by atoms with E-state index in [-0.39, 0.29) is 0 Å². The van der Waals surface area contributed by atoms with Crippen LogP contribution >= 0.6 is 0 Å². The third-order valence-corrected chi connectivity index (χ3v) is 3.06. The summed E-state index contributed by atoms with van der Waals surface area (Å²) < 4.78 is 39.4. The molecular formula is C14H18F3N3. The summed E-state index contributed by atoms with van der Waals surface area (Å²) in [6, 6.07) is 6.86. The van der Waals surface area contributed by atoms with Gasteiger partial charge in [-0.05, 0) is 32.4 Å².